The van der Waals surface area contributed by atoms with E-state index in [9.17, 15) is 0 Å². The van der Waals surface area contributed by atoms with Gasteiger partial charge in [0, 0.05) is 11.6 Å². The molecule has 0 amide bonds. The predicted octanol–water partition coefficient (Wildman–Crippen LogP) is 0.654. The Hall–Kier alpha value is -0.120. The van der Waals surface area contributed by atoms with Gasteiger partial charge in [-0.25, -0.2) is 0 Å². The number of nitrogens with zero attached hydrogens (tertiary/aromatic N) is 1. The normalized spacial score (nSPS) is 23.8. The minimum atomic E-state index is -0.116. The van der Waals surface area contributed by atoms with Gasteiger partial charge in [-0.3, -0.25) is 0 Å². The van der Waals surface area contributed by atoms with E-state index in [1.165, 1.54) is 25.9 Å². The van der Waals surface area contributed by atoms with Crippen LogP contribution < -0.4 is 11.1 Å². The molecule has 1 aliphatic rings. The Kier molecular flexibility index (Phi) is 3.93. The second-order valence-electron chi connectivity index (χ2n) is 5.23. The van der Waals surface area contributed by atoms with Crippen LogP contribution in [-0.2, 0) is 0 Å². The lowest BCUT2D eigenvalue weighted by Gasteiger charge is -2.40. The van der Waals surface area contributed by atoms with Crippen LogP contribution in [0, 0.1) is 5.92 Å². The highest BCUT2D eigenvalue weighted by Gasteiger charge is 2.32. The first-order valence-corrected chi connectivity index (χ1v) is 5.60. The molecule has 0 aromatic heterocycles. The maximum Gasteiger partial charge on any atom is 0.0268 e. The van der Waals surface area contributed by atoms with E-state index in [0.717, 1.165) is 5.92 Å². The molecule has 0 radical (unpaired) electrons. The Bertz CT molecular complexity index is 166. The number of hydrogen-bond donors (Lipinski definition) is 2. The summed E-state index contributed by atoms with van der Waals surface area (Å²) in [5.74, 6) is 0.733. The summed E-state index contributed by atoms with van der Waals surface area (Å²) in [6.45, 7) is 6.65. The number of nitrogens with two attached hydrogens (primary N) is 1. The van der Waals surface area contributed by atoms with Crippen molar-refractivity contribution in [3.8, 4) is 0 Å². The lowest BCUT2D eigenvalue weighted by Crippen LogP contribution is -2.57. The van der Waals surface area contributed by atoms with Gasteiger partial charge >= 0.3 is 0 Å². The molecular weight excluding hydrogens is 174 g/mol. The van der Waals surface area contributed by atoms with E-state index in [1.807, 2.05) is 7.05 Å². The SMILES string of the molecule is CNC(C1CCN(C)CC1)C(C)(C)N. The number of likely N-dealkylation sites (N-methyl/N-ethyl adjacent to an activating group) is 1. The molecule has 1 fully saturated rings. The molecule has 1 rings (SSSR count). The van der Waals surface area contributed by atoms with Crippen LogP contribution in [0.3, 0.4) is 0 Å². The lowest BCUT2D eigenvalue weighted by molar-refractivity contribution is 0.155. The summed E-state index contributed by atoms with van der Waals surface area (Å²) in [6, 6.07) is 0.441. The molecule has 3 N–H and O–H groups in total. The molecule has 1 unspecified atom stereocenters. The zero-order valence-corrected chi connectivity index (χ0v) is 10.0. The van der Waals surface area contributed by atoms with Gasteiger partial charge in [-0.05, 0) is 59.8 Å². The van der Waals surface area contributed by atoms with E-state index in [2.05, 4.69) is 31.1 Å². The number of likely N-dealkylation sites (tertiary alicyclic amines) is 1. The summed E-state index contributed by atoms with van der Waals surface area (Å²) in [4.78, 5) is 2.40. The third-order valence-corrected chi connectivity index (χ3v) is 3.35. The van der Waals surface area contributed by atoms with E-state index < -0.39 is 0 Å². The van der Waals surface area contributed by atoms with Crippen LogP contribution in [-0.4, -0.2) is 43.7 Å². The summed E-state index contributed by atoms with van der Waals surface area (Å²) in [5.41, 5.74) is 6.06. The molecule has 0 bridgehead atoms. The van der Waals surface area contributed by atoms with Gasteiger partial charge in [0.25, 0.3) is 0 Å². The molecule has 3 heteroatoms. The molecular formula is C11H25N3. The molecule has 0 aromatic carbocycles. The summed E-state index contributed by atoms with van der Waals surface area (Å²) in [7, 11) is 4.22. The maximum atomic E-state index is 6.18. The monoisotopic (exact) mass is 199 g/mol. The number of hydrogen-bond acceptors (Lipinski definition) is 3. The van der Waals surface area contributed by atoms with Gasteiger partial charge in [-0.15, -0.1) is 0 Å². The van der Waals surface area contributed by atoms with Crippen molar-refractivity contribution < 1.29 is 0 Å². The Labute approximate surface area is 88.0 Å². The van der Waals surface area contributed by atoms with Gasteiger partial charge in [0.05, 0.1) is 0 Å². The number of piperidine rings is 1. The smallest absolute Gasteiger partial charge is 0.0268 e. The average Bonchev–Trinajstić information content (AvgIpc) is 2.07. The molecule has 1 aliphatic heterocycles. The fraction of sp³-hybridized carbons (Fsp3) is 1.00. The standard InChI is InChI=1S/C11H25N3/c1-11(2,12)10(13-3)9-5-7-14(4)8-6-9/h9-10,13H,5-8,12H2,1-4H3. The van der Waals surface area contributed by atoms with Crippen molar-refractivity contribution in [3.05, 3.63) is 0 Å². The van der Waals surface area contributed by atoms with E-state index in [0.29, 0.717) is 6.04 Å². The summed E-state index contributed by atoms with van der Waals surface area (Å²) in [5, 5.41) is 3.38. The van der Waals surface area contributed by atoms with Crippen LogP contribution in [0.2, 0.25) is 0 Å². The maximum absolute atomic E-state index is 6.18. The van der Waals surface area contributed by atoms with Crippen molar-refractivity contribution >= 4 is 0 Å². The third-order valence-electron chi connectivity index (χ3n) is 3.35. The topological polar surface area (TPSA) is 41.3 Å². The Morgan fingerprint density at radius 3 is 2.21 bits per heavy atom. The van der Waals surface area contributed by atoms with Gasteiger partial charge in [0.15, 0.2) is 0 Å². The first kappa shape index (κ1) is 12.0. The summed E-state index contributed by atoms with van der Waals surface area (Å²) in [6.07, 6.45) is 2.53. The van der Waals surface area contributed by atoms with Crippen molar-refractivity contribution in [2.75, 3.05) is 27.2 Å². The van der Waals surface area contributed by atoms with Gasteiger partial charge in [-0.2, -0.15) is 0 Å². The van der Waals surface area contributed by atoms with E-state index in [-0.39, 0.29) is 5.54 Å². The highest BCUT2D eigenvalue weighted by molar-refractivity contribution is 4.93. The Morgan fingerprint density at radius 1 is 1.36 bits per heavy atom. The lowest BCUT2D eigenvalue weighted by atomic mass is 9.80. The molecule has 0 aliphatic carbocycles. The van der Waals surface area contributed by atoms with Crippen LogP contribution in [0.4, 0.5) is 0 Å². The first-order valence-electron chi connectivity index (χ1n) is 5.60. The minimum absolute atomic E-state index is 0.116. The molecule has 0 spiro atoms. The van der Waals surface area contributed by atoms with Gasteiger partial charge < -0.3 is 16.0 Å². The minimum Gasteiger partial charge on any atom is -0.324 e. The van der Waals surface area contributed by atoms with Gasteiger partial charge in [0.1, 0.15) is 0 Å². The molecule has 84 valence electrons. The second-order valence-corrected chi connectivity index (χ2v) is 5.23. The zero-order chi connectivity index (χ0) is 10.8. The second kappa shape index (κ2) is 4.60. The molecule has 0 aromatic rings. The quantitative estimate of drug-likeness (QED) is 0.701. The van der Waals surface area contributed by atoms with Gasteiger partial charge in [-0.1, -0.05) is 0 Å². The van der Waals surface area contributed by atoms with Crippen LogP contribution in [0.25, 0.3) is 0 Å². The summed E-state index contributed by atoms with van der Waals surface area (Å²) < 4.78 is 0. The van der Waals surface area contributed by atoms with E-state index in [1.54, 1.807) is 0 Å². The van der Waals surface area contributed by atoms with Crippen LogP contribution >= 0.6 is 0 Å². The van der Waals surface area contributed by atoms with Crippen molar-refractivity contribution in [2.45, 2.75) is 38.3 Å². The molecule has 1 atom stereocenters. The largest absolute Gasteiger partial charge is 0.324 e. The van der Waals surface area contributed by atoms with Crippen LogP contribution in [0.1, 0.15) is 26.7 Å². The number of nitrogens with one attached hydrogen (secondary N) is 1. The van der Waals surface area contributed by atoms with E-state index in [4.69, 9.17) is 5.73 Å². The van der Waals surface area contributed by atoms with Crippen LogP contribution in [0.5, 0.6) is 0 Å². The van der Waals surface area contributed by atoms with Crippen molar-refractivity contribution in [3.63, 3.8) is 0 Å². The first-order chi connectivity index (χ1) is 6.45. The average molecular weight is 199 g/mol. The van der Waals surface area contributed by atoms with Crippen molar-refractivity contribution in [1.82, 2.24) is 10.2 Å². The fourth-order valence-electron chi connectivity index (χ4n) is 2.58. The van der Waals surface area contributed by atoms with E-state index >= 15 is 0 Å². The fourth-order valence-corrected chi connectivity index (χ4v) is 2.58. The molecule has 14 heavy (non-hydrogen) atoms. The molecule has 0 saturated carbocycles. The third kappa shape index (κ3) is 2.94. The molecule has 3 nitrogen and oxygen atoms in total. The molecule has 1 heterocycles. The highest BCUT2D eigenvalue weighted by Crippen LogP contribution is 2.24. The van der Waals surface area contributed by atoms with Crippen molar-refractivity contribution in [1.29, 1.82) is 0 Å². The summed E-state index contributed by atoms with van der Waals surface area (Å²) >= 11 is 0. The Morgan fingerprint density at radius 2 is 1.86 bits per heavy atom. The van der Waals surface area contributed by atoms with Gasteiger partial charge in [0.2, 0.25) is 0 Å². The number of rotatable bonds is 3. The highest BCUT2D eigenvalue weighted by atomic mass is 15.1. The van der Waals surface area contributed by atoms with Crippen LogP contribution in [0.15, 0.2) is 0 Å². The van der Waals surface area contributed by atoms with Crippen molar-refractivity contribution in [2.24, 2.45) is 11.7 Å². The molecule has 1 saturated heterocycles. The Balaban J connectivity index is 2.54. The predicted molar refractivity (Wildman–Crippen MR) is 61.3 cm³/mol. The zero-order valence-electron chi connectivity index (χ0n) is 10.0.